The molecule has 1 saturated heterocycles. The Morgan fingerprint density at radius 2 is 1.81 bits per heavy atom. The third-order valence-electron chi connectivity index (χ3n) is 4.30. The normalized spacial score (nSPS) is 16.6. The molecule has 2 amide bonds. The molecule has 2 aromatic rings. The number of amides is 2. The minimum absolute atomic E-state index is 0.0786. The van der Waals surface area contributed by atoms with E-state index in [4.69, 9.17) is 4.74 Å². The molecule has 0 spiro atoms. The molecule has 0 aromatic heterocycles. The van der Waals surface area contributed by atoms with E-state index in [1.54, 1.807) is 6.07 Å². The van der Waals surface area contributed by atoms with E-state index >= 15 is 0 Å². The van der Waals surface area contributed by atoms with Crippen molar-refractivity contribution in [3.63, 3.8) is 0 Å². The second-order valence-electron chi connectivity index (χ2n) is 6.14. The molecular formula is C20H19FN2O4. The van der Waals surface area contributed by atoms with E-state index in [0.717, 1.165) is 5.56 Å². The summed E-state index contributed by atoms with van der Waals surface area (Å²) in [7, 11) is 0. The van der Waals surface area contributed by atoms with E-state index in [9.17, 15) is 18.8 Å². The fourth-order valence-electron chi connectivity index (χ4n) is 2.90. The highest BCUT2D eigenvalue weighted by Gasteiger charge is 2.36. The van der Waals surface area contributed by atoms with Gasteiger partial charge in [0.25, 0.3) is 5.91 Å². The molecule has 140 valence electrons. The highest BCUT2D eigenvalue weighted by Crippen LogP contribution is 2.17. The lowest BCUT2D eigenvalue weighted by atomic mass is 10.1. The molecular weight excluding hydrogens is 351 g/mol. The minimum Gasteiger partial charge on any atom is -0.461 e. The van der Waals surface area contributed by atoms with Gasteiger partial charge in [-0.2, -0.15) is 0 Å². The zero-order valence-electron chi connectivity index (χ0n) is 14.6. The number of nitrogens with one attached hydrogen (secondary N) is 1. The van der Waals surface area contributed by atoms with Crippen LogP contribution in [-0.4, -0.2) is 41.8 Å². The topological polar surface area (TPSA) is 75.7 Å². The van der Waals surface area contributed by atoms with E-state index < -0.39 is 29.6 Å². The molecule has 3 rings (SSSR count). The Labute approximate surface area is 155 Å². The Bertz CT molecular complexity index is 841. The van der Waals surface area contributed by atoms with Gasteiger partial charge in [0.1, 0.15) is 18.5 Å². The molecule has 1 fully saturated rings. The van der Waals surface area contributed by atoms with Gasteiger partial charge in [0.15, 0.2) is 0 Å². The lowest BCUT2D eigenvalue weighted by Gasteiger charge is -2.34. The predicted octanol–water partition coefficient (Wildman–Crippen LogP) is 1.90. The highest BCUT2D eigenvalue weighted by atomic mass is 19.1. The number of esters is 1. The van der Waals surface area contributed by atoms with Crippen molar-refractivity contribution in [2.45, 2.75) is 19.1 Å². The first kappa shape index (κ1) is 18.6. The molecule has 27 heavy (non-hydrogen) atoms. The number of benzene rings is 2. The summed E-state index contributed by atoms with van der Waals surface area (Å²) < 4.78 is 19.2. The van der Waals surface area contributed by atoms with Crippen molar-refractivity contribution in [1.29, 1.82) is 0 Å². The second-order valence-corrected chi connectivity index (χ2v) is 6.14. The Balaban J connectivity index is 1.69. The molecule has 1 heterocycles. The van der Waals surface area contributed by atoms with Crippen LogP contribution in [0.25, 0.3) is 0 Å². The van der Waals surface area contributed by atoms with Gasteiger partial charge in [-0.25, -0.2) is 4.39 Å². The zero-order valence-corrected chi connectivity index (χ0v) is 14.6. The SMILES string of the molecule is O=C(CC1C(=O)NCCN1C(=O)c1ccccc1F)OCc1ccccc1. The van der Waals surface area contributed by atoms with Crippen LogP contribution in [0.2, 0.25) is 0 Å². The maximum Gasteiger partial charge on any atom is 0.308 e. The number of ether oxygens (including phenoxy) is 1. The lowest BCUT2D eigenvalue weighted by Crippen LogP contribution is -2.58. The summed E-state index contributed by atoms with van der Waals surface area (Å²) >= 11 is 0. The first-order chi connectivity index (χ1) is 13.1. The Hall–Kier alpha value is -3.22. The van der Waals surface area contributed by atoms with Crippen LogP contribution in [0.3, 0.4) is 0 Å². The molecule has 1 atom stereocenters. The number of carbonyl (C=O) groups is 3. The number of nitrogens with zero attached hydrogens (tertiary/aromatic N) is 1. The van der Waals surface area contributed by atoms with Crippen molar-refractivity contribution < 1.29 is 23.5 Å². The first-order valence-electron chi connectivity index (χ1n) is 8.59. The maximum absolute atomic E-state index is 14.0. The summed E-state index contributed by atoms with van der Waals surface area (Å²) in [5.41, 5.74) is 0.688. The molecule has 0 saturated carbocycles. The van der Waals surface area contributed by atoms with Gasteiger partial charge < -0.3 is 15.0 Å². The summed E-state index contributed by atoms with van der Waals surface area (Å²) in [5.74, 6) is -2.35. The summed E-state index contributed by atoms with van der Waals surface area (Å²) in [5, 5.41) is 2.63. The van der Waals surface area contributed by atoms with E-state index in [1.807, 2.05) is 30.3 Å². The molecule has 6 nitrogen and oxygen atoms in total. The number of hydrogen-bond acceptors (Lipinski definition) is 4. The molecule has 1 aliphatic rings. The van der Waals surface area contributed by atoms with Gasteiger partial charge in [-0.3, -0.25) is 14.4 Å². The maximum atomic E-state index is 14.0. The van der Waals surface area contributed by atoms with Crippen molar-refractivity contribution in [2.24, 2.45) is 0 Å². The Morgan fingerprint density at radius 3 is 2.56 bits per heavy atom. The molecule has 1 N–H and O–H groups in total. The number of rotatable bonds is 5. The smallest absolute Gasteiger partial charge is 0.308 e. The van der Waals surface area contributed by atoms with Crippen LogP contribution in [0, 0.1) is 5.82 Å². The van der Waals surface area contributed by atoms with Gasteiger partial charge >= 0.3 is 5.97 Å². The molecule has 0 aliphatic carbocycles. The third kappa shape index (κ3) is 4.49. The lowest BCUT2D eigenvalue weighted by molar-refractivity contribution is -0.148. The fourth-order valence-corrected chi connectivity index (χ4v) is 2.90. The van der Waals surface area contributed by atoms with E-state index in [2.05, 4.69) is 5.32 Å². The van der Waals surface area contributed by atoms with Gasteiger partial charge in [0.2, 0.25) is 5.91 Å². The van der Waals surface area contributed by atoms with Crippen LogP contribution < -0.4 is 5.32 Å². The Morgan fingerprint density at radius 1 is 1.11 bits per heavy atom. The van der Waals surface area contributed by atoms with Crippen LogP contribution in [-0.2, 0) is 20.9 Å². The van der Waals surface area contributed by atoms with Gasteiger partial charge in [-0.05, 0) is 17.7 Å². The van der Waals surface area contributed by atoms with E-state index in [1.165, 1.54) is 23.1 Å². The molecule has 7 heteroatoms. The average Bonchev–Trinajstić information content (AvgIpc) is 2.68. The number of halogens is 1. The van der Waals surface area contributed by atoms with Gasteiger partial charge in [-0.1, -0.05) is 42.5 Å². The van der Waals surface area contributed by atoms with E-state index in [0.29, 0.717) is 0 Å². The molecule has 0 radical (unpaired) electrons. The Kier molecular flexibility index (Phi) is 5.80. The molecule has 0 bridgehead atoms. The first-order valence-corrected chi connectivity index (χ1v) is 8.59. The molecule has 1 unspecified atom stereocenters. The number of piperazine rings is 1. The number of carbonyl (C=O) groups excluding carboxylic acids is 3. The molecule has 1 aliphatic heterocycles. The monoisotopic (exact) mass is 370 g/mol. The second kappa shape index (κ2) is 8.44. The van der Waals surface area contributed by atoms with Crippen LogP contribution in [0.4, 0.5) is 4.39 Å². The van der Waals surface area contributed by atoms with Crippen LogP contribution in [0.15, 0.2) is 54.6 Å². The summed E-state index contributed by atoms with van der Waals surface area (Å²) in [6.07, 6.45) is -0.293. The van der Waals surface area contributed by atoms with Crippen LogP contribution >= 0.6 is 0 Å². The third-order valence-corrected chi connectivity index (χ3v) is 4.30. The van der Waals surface area contributed by atoms with Gasteiger partial charge in [-0.15, -0.1) is 0 Å². The minimum atomic E-state index is -1.03. The van der Waals surface area contributed by atoms with Gasteiger partial charge in [0.05, 0.1) is 12.0 Å². The summed E-state index contributed by atoms with van der Waals surface area (Å²) in [4.78, 5) is 38.3. The van der Waals surface area contributed by atoms with Crippen LogP contribution in [0.1, 0.15) is 22.3 Å². The standard InChI is InChI=1S/C20H19FN2O4/c21-16-9-5-4-8-15(16)20(26)23-11-10-22-19(25)17(23)12-18(24)27-13-14-6-2-1-3-7-14/h1-9,17H,10-13H2,(H,22,25). The predicted molar refractivity (Wildman–Crippen MR) is 95.1 cm³/mol. The molecule has 2 aromatic carbocycles. The fraction of sp³-hybridized carbons (Fsp3) is 0.250. The summed E-state index contributed by atoms with van der Waals surface area (Å²) in [6.45, 7) is 0.513. The summed E-state index contributed by atoms with van der Waals surface area (Å²) in [6, 6.07) is 13.7. The van der Waals surface area contributed by atoms with Crippen molar-refractivity contribution in [1.82, 2.24) is 10.2 Å². The van der Waals surface area contributed by atoms with Crippen LogP contribution in [0.5, 0.6) is 0 Å². The van der Waals surface area contributed by atoms with Gasteiger partial charge in [0, 0.05) is 13.1 Å². The van der Waals surface area contributed by atoms with E-state index in [-0.39, 0.29) is 31.7 Å². The van der Waals surface area contributed by atoms with Crippen molar-refractivity contribution >= 4 is 17.8 Å². The average molecular weight is 370 g/mol. The quantitative estimate of drug-likeness (QED) is 0.816. The number of hydrogen-bond donors (Lipinski definition) is 1. The zero-order chi connectivity index (χ0) is 19.2. The highest BCUT2D eigenvalue weighted by molar-refractivity contribution is 5.99. The van der Waals surface area contributed by atoms with Crippen molar-refractivity contribution in [3.8, 4) is 0 Å². The largest absolute Gasteiger partial charge is 0.461 e. The van der Waals surface area contributed by atoms with Crippen molar-refractivity contribution in [2.75, 3.05) is 13.1 Å². The van der Waals surface area contributed by atoms with Crippen molar-refractivity contribution in [3.05, 3.63) is 71.5 Å².